The van der Waals surface area contributed by atoms with Crippen LogP contribution in [0.15, 0.2) is 47.4 Å². The van der Waals surface area contributed by atoms with Crippen LogP contribution < -0.4 is 5.32 Å². The van der Waals surface area contributed by atoms with E-state index in [9.17, 15) is 4.79 Å². The molecule has 5 heteroatoms. The lowest BCUT2D eigenvalue weighted by Crippen LogP contribution is -2.12. The summed E-state index contributed by atoms with van der Waals surface area (Å²) in [6, 6.07) is 13.5. The number of nitrogens with zero attached hydrogens (tertiary/aromatic N) is 1. The molecule has 0 saturated heterocycles. The van der Waals surface area contributed by atoms with Crippen LogP contribution in [0.4, 0.5) is 5.69 Å². The van der Waals surface area contributed by atoms with Gasteiger partial charge in [0, 0.05) is 10.6 Å². The summed E-state index contributed by atoms with van der Waals surface area (Å²) in [4.78, 5) is 12.7. The van der Waals surface area contributed by atoms with Crippen LogP contribution in [0.5, 0.6) is 0 Å². The van der Waals surface area contributed by atoms with Gasteiger partial charge in [0.2, 0.25) is 0 Å². The predicted octanol–water partition coefficient (Wildman–Crippen LogP) is 3.75. The maximum absolute atomic E-state index is 12.0. The SMILES string of the molecule is N#Cc1ccc(NC(=O)c2cc(S)ccc2Cl)cc1. The molecular formula is C14H9ClN2OS. The molecule has 0 radical (unpaired) electrons. The first kappa shape index (κ1) is 13.5. The average molecular weight is 289 g/mol. The zero-order valence-electron chi connectivity index (χ0n) is 9.72. The molecule has 0 aromatic heterocycles. The second-order valence-electron chi connectivity index (χ2n) is 3.81. The van der Waals surface area contributed by atoms with E-state index in [1.807, 2.05) is 6.07 Å². The van der Waals surface area contributed by atoms with Crippen molar-refractivity contribution in [3.05, 3.63) is 58.6 Å². The molecule has 0 aliphatic rings. The van der Waals surface area contributed by atoms with Gasteiger partial charge in [0.1, 0.15) is 0 Å². The summed E-state index contributed by atoms with van der Waals surface area (Å²) in [6.07, 6.45) is 0. The minimum Gasteiger partial charge on any atom is -0.322 e. The van der Waals surface area contributed by atoms with Gasteiger partial charge in [0.25, 0.3) is 5.91 Å². The predicted molar refractivity (Wildman–Crippen MR) is 77.8 cm³/mol. The van der Waals surface area contributed by atoms with Crippen LogP contribution in [0.2, 0.25) is 5.02 Å². The van der Waals surface area contributed by atoms with E-state index in [1.165, 1.54) is 0 Å². The van der Waals surface area contributed by atoms with E-state index in [-0.39, 0.29) is 5.91 Å². The van der Waals surface area contributed by atoms with Crippen LogP contribution in [0.1, 0.15) is 15.9 Å². The van der Waals surface area contributed by atoms with Gasteiger partial charge >= 0.3 is 0 Å². The Kier molecular flexibility index (Phi) is 4.10. The van der Waals surface area contributed by atoms with E-state index >= 15 is 0 Å². The fraction of sp³-hybridized carbons (Fsp3) is 0. The number of amides is 1. The lowest BCUT2D eigenvalue weighted by Gasteiger charge is -2.07. The maximum atomic E-state index is 12.0. The summed E-state index contributed by atoms with van der Waals surface area (Å²) in [6.45, 7) is 0. The summed E-state index contributed by atoms with van der Waals surface area (Å²) in [7, 11) is 0. The summed E-state index contributed by atoms with van der Waals surface area (Å²) in [5.41, 5.74) is 1.50. The maximum Gasteiger partial charge on any atom is 0.257 e. The number of rotatable bonds is 2. The Morgan fingerprint density at radius 2 is 1.89 bits per heavy atom. The van der Waals surface area contributed by atoms with Crippen LogP contribution in [-0.4, -0.2) is 5.91 Å². The fourth-order valence-electron chi connectivity index (χ4n) is 1.51. The van der Waals surface area contributed by atoms with Crippen molar-refractivity contribution in [1.29, 1.82) is 5.26 Å². The van der Waals surface area contributed by atoms with Gasteiger partial charge in [-0.3, -0.25) is 4.79 Å². The molecular weight excluding hydrogens is 280 g/mol. The van der Waals surface area contributed by atoms with Gasteiger partial charge in [-0.15, -0.1) is 12.6 Å². The molecule has 19 heavy (non-hydrogen) atoms. The van der Waals surface area contributed by atoms with Crippen molar-refractivity contribution in [3.63, 3.8) is 0 Å². The Morgan fingerprint density at radius 1 is 1.21 bits per heavy atom. The van der Waals surface area contributed by atoms with Gasteiger partial charge in [0.15, 0.2) is 0 Å². The first-order valence-corrected chi connectivity index (χ1v) is 6.22. The van der Waals surface area contributed by atoms with E-state index in [0.717, 1.165) is 0 Å². The zero-order chi connectivity index (χ0) is 13.8. The largest absolute Gasteiger partial charge is 0.322 e. The number of benzene rings is 2. The molecule has 0 atom stereocenters. The number of hydrogen-bond acceptors (Lipinski definition) is 3. The molecule has 0 saturated carbocycles. The first-order valence-electron chi connectivity index (χ1n) is 5.40. The molecule has 0 aliphatic heterocycles. The average Bonchev–Trinajstić information content (AvgIpc) is 2.42. The quantitative estimate of drug-likeness (QED) is 0.827. The Hall–Kier alpha value is -1.96. The smallest absolute Gasteiger partial charge is 0.257 e. The van der Waals surface area contributed by atoms with E-state index in [0.29, 0.717) is 26.7 Å². The summed E-state index contributed by atoms with van der Waals surface area (Å²) < 4.78 is 0. The highest BCUT2D eigenvalue weighted by Gasteiger charge is 2.10. The van der Waals surface area contributed by atoms with E-state index in [2.05, 4.69) is 17.9 Å². The van der Waals surface area contributed by atoms with Gasteiger partial charge in [0.05, 0.1) is 22.2 Å². The third-order valence-corrected chi connectivity index (χ3v) is 3.07. The highest BCUT2D eigenvalue weighted by Crippen LogP contribution is 2.21. The Morgan fingerprint density at radius 3 is 2.53 bits per heavy atom. The normalized spacial score (nSPS) is 9.74. The summed E-state index contributed by atoms with van der Waals surface area (Å²) in [5.74, 6) is -0.314. The highest BCUT2D eigenvalue weighted by atomic mass is 35.5. The molecule has 2 aromatic carbocycles. The van der Waals surface area contributed by atoms with Crippen molar-refractivity contribution < 1.29 is 4.79 Å². The minimum absolute atomic E-state index is 0.314. The van der Waals surface area contributed by atoms with Crippen molar-refractivity contribution in [2.24, 2.45) is 0 Å². The second kappa shape index (κ2) is 5.79. The van der Waals surface area contributed by atoms with Crippen LogP contribution in [0.3, 0.4) is 0 Å². The van der Waals surface area contributed by atoms with Crippen molar-refractivity contribution in [2.75, 3.05) is 5.32 Å². The van der Waals surface area contributed by atoms with Crippen LogP contribution >= 0.6 is 24.2 Å². The van der Waals surface area contributed by atoms with E-state index in [1.54, 1.807) is 42.5 Å². The minimum atomic E-state index is -0.314. The molecule has 0 aliphatic carbocycles. The number of anilines is 1. The van der Waals surface area contributed by atoms with Gasteiger partial charge in [-0.25, -0.2) is 0 Å². The molecule has 94 valence electrons. The number of halogens is 1. The number of carbonyl (C=O) groups is 1. The van der Waals surface area contributed by atoms with Gasteiger partial charge in [-0.1, -0.05) is 11.6 Å². The van der Waals surface area contributed by atoms with Gasteiger partial charge in [-0.2, -0.15) is 5.26 Å². The lowest BCUT2D eigenvalue weighted by molar-refractivity contribution is 0.102. The number of carbonyl (C=O) groups excluding carboxylic acids is 1. The third-order valence-electron chi connectivity index (χ3n) is 2.47. The molecule has 3 nitrogen and oxygen atoms in total. The fourth-order valence-corrected chi connectivity index (χ4v) is 1.92. The van der Waals surface area contributed by atoms with Crippen LogP contribution in [0, 0.1) is 11.3 Å². The molecule has 0 bridgehead atoms. The number of nitriles is 1. The Balaban J connectivity index is 2.21. The van der Waals surface area contributed by atoms with Crippen LogP contribution in [-0.2, 0) is 0 Å². The molecule has 0 spiro atoms. The second-order valence-corrected chi connectivity index (χ2v) is 4.73. The molecule has 2 rings (SSSR count). The lowest BCUT2D eigenvalue weighted by atomic mass is 10.2. The molecule has 2 aromatic rings. The van der Waals surface area contributed by atoms with Crippen molar-refractivity contribution in [2.45, 2.75) is 4.90 Å². The third kappa shape index (κ3) is 3.28. The highest BCUT2D eigenvalue weighted by molar-refractivity contribution is 7.80. The molecule has 0 heterocycles. The molecule has 1 amide bonds. The zero-order valence-corrected chi connectivity index (χ0v) is 11.4. The monoisotopic (exact) mass is 288 g/mol. The standard InChI is InChI=1S/C14H9ClN2OS/c15-13-6-5-11(19)7-12(13)14(18)17-10-3-1-9(8-16)2-4-10/h1-7,19H,(H,17,18). The number of thiol groups is 1. The van der Waals surface area contributed by atoms with Crippen molar-refractivity contribution in [1.82, 2.24) is 0 Å². The number of nitrogens with one attached hydrogen (secondary N) is 1. The van der Waals surface area contributed by atoms with Crippen molar-refractivity contribution in [3.8, 4) is 6.07 Å². The Bertz CT molecular complexity index is 662. The van der Waals surface area contributed by atoms with Crippen LogP contribution in [0.25, 0.3) is 0 Å². The molecule has 0 unspecified atom stereocenters. The molecule has 1 N–H and O–H groups in total. The van der Waals surface area contributed by atoms with E-state index in [4.69, 9.17) is 16.9 Å². The van der Waals surface area contributed by atoms with Gasteiger partial charge < -0.3 is 5.32 Å². The topological polar surface area (TPSA) is 52.9 Å². The van der Waals surface area contributed by atoms with Gasteiger partial charge in [-0.05, 0) is 42.5 Å². The van der Waals surface area contributed by atoms with E-state index < -0.39 is 0 Å². The first-order chi connectivity index (χ1) is 9.10. The summed E-state index contributed by atoms with van der Waals surface area (Å²) >= 11 is 10.1. The number of hydrogen-bond donors (Lipinski definition) is 2. The molecule has 0 fully saturated rings. The Labute approximate surface area is 121 Å². The summed E-state index contributed by atoms with van der Waals surface area (Å²) in [5, 5.41) is 11.8. The van der Waals surface area contributed by atoms with Crippen molar-refractivity contribution >= 4 is 35.8 Å².